The van der Waals surface area contributed by atoms with Crippen LogP contribution in [-0.4, -0.2) is 0 Å². The molecule has 0 fully saturated rings. The molecule has 0 bridgehead atoms. The van der Waals surface area contributed by atoms with E-state index in [-0.39, 0.29) is 0 Å². The molecule has 178 valence electrons. The summed E-state index contributed by atoms with van der Waals surface area (Å²) in [4.78, 5) is 0. The van der Waals surface area contributed by atoms with E-state index in [9.17, 15) is 9.60 Å². The minimum absolute atomic E-state index is 0.728. The highest BCUT2D eigenvalue weighted by atomic mass is 14.2. The van der Waals surface area contributed by atoms with Crippen LogP contribution in [0, 0.1) is 0 Å². The molecule has 7 aromatic carbocycles. The summed E-state index contributed by atoms with van der Waals surface area (Å²) in [6.45, 7) is 0. The second-order valence-electron chi connectivity index (χ2n) is 7.75. The lowest BCUT2D eigenvalue weighted by atomic mass is 9.85. The van der Waals surface area contributed by atoms with Crippen molar-refractivity contribution in [2.24, 2.45) is 0 Å². The summed E-state index contributed by atoms with van der Waals surface area (Å²) in [7, 11) is 0. The van der Waals surface area contributed by atoms with Gasteiger partial charge in [-0.1, -0.05) is 151 Å². The number of benzene rings is 7. The molecular formula is C38H26. The zero-order valence-corrected chi connectivity index (χ0v) is 19.0. The number of rotatable bonds is 4. The molecule has 7 aromatic rings. The van der Waals surface area contributed by atoms with E-state index in [0.29, 0.717) is 0 Å². The highest BCUT2D eigenvalue weighted by Gasteiger charge is 2.16. The molecule has 38 heavy (non-hydrogen) atoms. The monoisotopic (exact) mass is 508 g/mol. The van der Waals surface area contributed by atoms with E-state index in [1.807, 2.05) is 0 Å². The molecule has 7 rings (SSSR count). The smallest absolute Gasteiger partial charge is 0.0622 e. The molecule has 0 saturated heterocycles. The van der Waals surface area contributed by atoms with Gasteiger partial charge in [-0.3, -0.25) is 0 Å². The summed E-state index contributed by atoms with van der Waals surface area (Å²) < 4.78 is 228. The van der Waals surface area contributed by atoms with Gasteiger partial charge in [0.05, 0.1) is 35.6 Å². The van der Waals surface area contributed by atoms with E-state index in [4.69, 9.17) is 26.0 Å². The molecule has 0 heteroatoms. The summed E-state index contributed by atoms with van der Waals surface area (Å²) in [5.41, 5.74) is -6.29. The zero-order chi connectivity index (χ0) is 47.9. The van der Waals surface area contributed by atoms with Gasteiger partial charge >= 0.3 is 0 Å². The molecule has 0 aliphatic heterocycles. The van der Waals surface area contributed by atoms with Gasteiger partial charge in [-0.05, 0) is 72.1 Å². The Bertz CT molecular complexity index is 3170. The normalized spacial score (nSPS) is 20.7. The molecular weight excluding hydrogens is 456 g/mol. The number of hydrogen-bond donors (Lipinski definition) is 0. The first-order chi connectivity index (χ1) is 29.7. The molecule has 0 saturated carbocycles. The van der Waals surface area contributed by atoms with Crippen molar-refractivity contribution in [3.05, 3.63) is 157 Å². The molecule has 0 N–H and O–H groups in total. The Balaban J connectivity index is 1.83. The van der Waals surface area contributed by atoms with Crippen molar-refractivity contribution >= 4 is 21.5 Å². The molecule has 0 aromatic heterocycles. The minimum Gasteiger partial charge on any atom is -0.0622 e. The lowest BCUT2D eigenvalue weighted by molar-refractivity contribution is 1.60. The maximum Gasteiger partial charge on any atom is 0.0636 e. The van der Waals surface area contributed by atoms with Gasteiger partial charge in [0, 0.05) is 0 Å². The fourth-order valence-electron chi connectivity index (χ4n) is 4.03. The third-order valence-corrected chi connectivity index (χ3v) is 5.62. The fourth-order valence-corrected chi connectivity index (χ4v) is 4.03. The highest BCUT2D eigenvalue weighted by molar-refractivity contribution is 6.21. The average Bonchev–Trinajstić information content (AvgIpc) is 3.26. The topological polar surface area (TPSA) is 0 Å². The van der Waals surface area contributed by atoms with Crippen LogP contribution in [0.2, 0.25) is 0 Å². The Morgan fingerprint density at radius 1 is 0.263 bits per heavy atom. The van der Waals surface area contributed by atoms with Gasteiger partial charge in [-0.2, -0.15) is 0 Å². The summed E-state index contributed by atoms with van der Waals surface area (Å²) >= 11 is 0. The first-order valence-electron chi connectivity index (χ1n) is 24.0. The van der Waals surface area contributed by atoms with Crippen LogP contribution in [0.3, 0.4) is 0 Å². The van der Waals surface area contributed by atoms with Crippen LogP contribution in [0.15, 0.2) is 157 Å². The lowest BCUT2D eigenvalue weighted by Gasteiger charge is -2.18. The number of fused-ring (bicyclic) bond motifs is 2. The van der Waals surface area contributed by atoms with Crippen molar-refractivity contribution in [3.63, 3.8) is 0 Å². The summed E-state index contributed by atoms with van der Waals surface area (Å²) in [6.07, 6.45) is 0. The molecule has 0 amide bonds. The van der Waals surface area contributed by atoms with E-state index in [2.05, 4.69) is 0 Å². The van der Waals surface area contributed by atoms with Crippen molar-refractivity contribution in [3.8, 4) is 44.5 Å². The molecule has 0 unspecified atom stereocenters. The molecule has 0 heterocycles. The van der Waals surface area contributed by atoms with Gasteiger partial charge in [-0.25, -0.2) is 0 Å². The largest absolute Gasteiger partial charge is 0.0636 e. The third-order valence-electron chi connectivity index (χ3n) is 5.62. The van der Waals surface area contributed by atoms with Crippen LogP contribution >= 0.6 is 0 Å². The van der Waals surface area contributed by atoms with Gasteiger partial charge in [0.15, 0.2) is 0 Å². The molecule has 0 aliphatic rings. The van der Waals surface area contributed by atoms with Gasteiger partial charge in [0.1, 0.15) is 0 Å². The fraction of sp³-hybridized carbons (Fsp3) is 0. The molecule has 0 nitrogen and oxygen atoms in total. The average molecular weight is 509 g/mol. The van der Waals surface area contributed by atoms with E-state index in [1.54, 1.807) is 0 Å². The Morgan fingerprint density at radius 2 is 0.605 bits per heavy atom. The van der Waals surface area contributed by atoms with Crippen LogP contribution in [-0.2, 0) is 0 Å². The molecule has 0 radical (unpaired) electrons. The van der Waals surface area contributed by atoms with Gasteiger partial charge < -0.3 is 0 Å². The summed E-state index contributed by atoms with van der Waals surface area (Å²) in [5.74, 6) is 0. The van der Waals surface area contributed by atoms with Crippen molar-refractivity contribution in [2.75, 3.05) is 0 Å². The van der Waals surface area contributed by atoms with Gasteiger partial charge in [0.25, 0.3) is 0 Å². The minimum atomic E-state index is -1.06. The standard InChI is InChI=1S/C38H26/c1-3-12-27(13-4-1)29-22-24-30(25-23-29)37-33-18-7-9-20-35(33)38(36-21-10-8-19-34(36)37)32-17-11-16-31(26-32)28-14-5-2-6-15-28/h1-26H/i1D,2D,3D,4D,5D,6D,7D,8D,9D,10D,11D,12D,13D,14D,15D,16D,17D,18D,19D,20D,21D,22D,23D,24D,25D,26D. The Morgan fingerprint density at radius 3 is 1.13 bits per heavy atom. The van der Waals surface area contributed by atoms with Crippen LogP contribution in [0.4, 0.5) is 0 Å². The number of hydrogen-bond acceptors (Lipinski definition) is 0. The zero-order valence-electron chi connectivity index (χ0n) is 45.0. The van der Waals surface area contributed by atoms with Crippen LogP contribution < -0.4 is 0 Å². The lowest BCUT2D eigenvalue weighted by Crippen LogP contribution is -1.91. The van der Waals surface area contributed by atoms with E-state index < -0.39 is 223 Å². The van der Waals surface area contributed by atoms with Crippen molar-refractivity contribution in [1.82, 2.24) is 0 Å². The van der Waals surface area contributed by atoms with Crippen LogP contribution in [0.5, 0.6) is 0 Å². The van der Waals surface area contributed by atoms with E-state index >= 15 is 0 Å². The van der Waals surface area contributed by atoms with Crippen molar-refractivity contribution < 1.29 is 35.6 Å². The van der Waals surface area contributed by atoms with Crippen LogP contribution in [0.25, 0.3) is 66.1 Å². The Kier molecular flexibility index (Phi) is 2.01. The van der Waals surface area contributed by atoms with Gasteiger partial charge in [0.2, 0.25) is 0 Å². The Labute approximate surface area is 260 Å². The maximum atomic E-state index is 9.48. The first kappa shape index (κ1) is 8.03. The molecule has 0 atom stereocenters. The molecule has 0 spiro atoms. The van der Waals surface area contributed by atoms with Crippen molar-refractivity contribution in [1.29, 1.82) is 0 Å². The SMILES string of the molecule is [2H]c1c([2H])c([2H])c(-c2c([2H])c([2H])c(-c3c4c([2H])c([2H])c([2H])c([2H])c4c(-c4c([2H])c([2H])c([2H])c(-c5c([2H])c([2H])c([2H])c([2H])c5[2H])c4[2H])c4c([2H])c([2H])c([2H])c([2H])c34)c([2H])c2[2H])c([2H])c1[2H]. The molecule has 0 aliphatic carbocycles. The first-order valence-corrected chi connectivity index (χ1v) is 11.0. The summed E-state index contributed by atoms with van der Waals surface area (Å²) in [5, 5.41) is -3.01. The predicted octanol–water partition coefficient (Wildman–Crippen LogP) is 10.7. The predicted molar refractivity (Wildman–Crippen MR) is 163 cm³/mol. The second-order valence-corrected chi connectivity index (χ2v) is 7.75. The van der Waals surface area contributed by atoms with Crippen LogP contribution in [0.1, 0.15) is 35.6 Å². The summed E-state index contributed by atoms with van der Waals surface area (Å²) in [6, 6.07) is -25.1. The maximum absolute atomic E-state index is 9.48. The second kappa shape index (κ2) is 9.50. The highest BCUT2D eigenvalue weighted by Crippen LogP contribution is 2.44. The van der Waals surface area contributed by atoms with E-state index in [0.717, 1.165) is 0 Å². The third kappa shape index (κ3) is 3.88. The van der Waals surface area contributed by atoms with Gasteiger partial charge in [-0.15, -0.1) is 0 Å². The quantitative estimate of drug-likeness (QED) is 0.207. The Hall–Kier alpha value is -4.94. The van der Waals surface area contributed by atoms with E-state index in [1.165, 1.54) is 0 Å². The van der Waals surface area contributed by atoms with Crippen molar-refractivity contribution in [2.45, 2.75) is 0 Å².